The highest BCUT2D eigenvalue weighted by Crippen LogP contribution is 2.41. The summed E-state index contributed by atoms with van der Waals surface area (Å²) >= 11 is 0. The van der Waals surface area contributed by atoms with E-state index in [9.17, 15) is 9.59 Å². The van der Waals surface area contributed by atoms with Crippen LogP contribution in [0, 0.1) is 30.6 Å². The summed E-state index contributed by atoms with van der Waals surface area (Å²) in [5, 5.41) is 0. The van der Waals surface area contributed by atoms with Crippen LogP contribution in [-0.4, -0.2) is 46.3 Å². The van der Waals surface area contributed by atoms with Gasteiger partial charge in [-0.2, -0.15) is 0 Å². The lowest BCUT2D eigenvalue weighted by Crippen LogP contribution is -2.46. The van der Waals surface area contributed by atoms with Gasteiger partial charge in [0.1, 0.15) is 23.5 Å². The van der Waals surface area contributed by atoms with Crippen LogP contribution in [0.5, 0.6) is 5.75 Å². The highest BCUT2D eigenvalue weighted by Gasteiger charge is 2.38. The molecule has 4 aliphatic carbocycles. The SMILES string of the molecule is COc1ccc(C2CCC(CN(C(=O)C3CCC(C(N)C(=O)C4CCC4)CC3)c3cc(-c4coc(C5CC5)n4)ccn3)CC2)nc1C. The number of Topliss-reactive ketones (excluding diaryl/α,β-unsaturated/α-hetero) is 1. The Hall–Kier alpha value is -3.59. The predicted molar refractivity (Wildman–Crippen MR) is 180 cm³/mol. The molecule has 2 N–H and O–H groups in total. The van der Waals surface area contributed by atoms with Gasteiger partial charge in [-0.3, -0.25) is 19.5 Å². The van der Waals surface area contributed by atoms with E-state index in [1.807, 2.05) is 30.0 Å². The Balaban J connectivity index is 1.06. The van der Waals surface area contributed by atoms with Crippen molar-refractivity contribution in [1.29, 1.82) is 0 Å². The van der Waals surface area contributed by atoms with Gasteiger partial charge in [-0.1, -0.05) is 6.42 Å². The molecule has 1 atom stereocenters. The van der Waals surface area contributed by atoms with E-state index >= 15 is 0 Å². The van der Waals surface area contributed by atoms with E-state index in [1.165, 1.54) is 0 Å². The average Bonchev–Trinajstić information content (AvgIpc) is 3.82. The maximum absolute atomic E-state index is 14.4. The summed E-state index contributed by atoms with van der Waals surface area (Å²) in [5.41, 5.74) is 10.3. The highest BCUT2D eigenvalue weighted by atomic mass is 16.5. The third kappa shape index (κ3) is 7.01. The zero-order valence-electron chi connectivity index (χ0n) is 27.9. The Bertz CT molecular complexity index is 1560. The lowest BCUT2D eigenvalue weighted by atomic mass is 9.72. The molecule has 9 heteroatoms. The molecular weight excluding hydrogens is 590 g/mol. The summed E-state index contributed by atoms with van der Waals surface area (Å²) in [5.74, 6) is 4.12. The van der Waals surface area contributed by atoms with Crippen LogP contribution in [0.4, 0.5) is 5.82 Å². The monoisotopic (exact) mass is 639 g/mol. The number of pyridine rings is 2. The molecule has 3 aromatic rings. The predicted octanol–water partition coefficient (Wildman–Crippen LogP) is 7.14. The van der Waals surface area contributed by atoms with Gasteiger partial charge in [-0.05, 0) is 120 Å². The van der Waals surface area contributed by atoms with Gasteiger partial charge in [0, 0.05) is 47.7 Å². The summed E-state index contributed by atoms with van der Waals surface area (Å²) in [7, 11) is 1.68. The number of methoxy groups -OCH3 is 1. The molecule has 0 saturated heterocycles. The number of hydrogen-bond donors (Lipinski definition) is 1. The van der Waals surface area contributed by atoms with Crippen LogP contribution in [0.1, 0.15) is 113 Å². The lowest BCUT2D eigenvalue weighted by molar-refractivity contribution is -0.128. The van der Waals surface area contributed by atoms with Crippen LogP contribution in [0.3, 0.4) is 0 Å². The van der Waals surface area contributed by atoms with Crippen molar-refractivity contribution in [3.8, 4) is 17.0 Å². The van der Waals surface area contributed by atoms with Crippen molar-refractivity contribution < 1.29 is 18.7 Å². The molecule has 7 rings (SSSR count). The fourth-order valence-electron chi connectivity index (χ4n) is 8.01. The van der Waals surface area contributed by atoms with Crippen LogP contribution in [-0.2, 0) is 9.59 Å². The third-order valence-corrected chi connectivity index (χ3v) is 11.5. The number of ether oxygens (including phenoxy) is 1. The number of amides is 1. The molecule has 0 spiro atoms. The standard InChI is InChI=1S/C38H49N5O4/c1-23-33(46-2)17-16-31(41-23)25-8-6-24(7-9-25)21-43(34-20-30(18-19-40-34)32-22-47-37(42-32)28-12-13-28)38(45)29-14-10-26(11-15-29)35(39)36(44)27-4-3-5-27/h16-20,22,24-29,35H,3-15,21,39H2,1-2H3. The zero-order chi connectivity index (χ0) is 32.5. The van der Waals surface area contributed by atoms with Crippen molar-refractivity contribution in [3.05, 3.63) is 54.0 Å². The van der Waals surface area contributed by atoms with Crippen molar-refractivity contribution in [2.45, 2.75) is 108 Å². The summed E-state index contributed by atoms with van der Waals surface area (Å²) in [6.45, 7) is 2.64. The molecule has 0 aliphatic heterocycles. The second-order valence-electron chi connectivity index (χ2n) is 14.6. The molecule has 4 aliphatic rings. The smallest absolute Gasteiger partial charge is 0.231 e. The van der Waals surface area contributed by atoms with Crippen molar-refractivity contribution in [2.75, 3.05) is 18.6 Å². The van der Waals surface area contributed by atoms with Crippen molar-refractivity contribution in [3.63, 3.8) is 0 Å². The van der Waals surface area contributed by atoms with E-state index in [-0.39, 0.29) is 29.4 Å². The molecule has 0 aromatic carbocycles. The lowest BCUT2D eigenvalue weighted by Gasteiger charge is -2.37. The first kappa shape index (κ1) is 32.0. The Morgan fingerprint density at radius 1 is 0.936 bits per heavy atom. The molecule has 0 bridgehead atoms. The largest absolute Gasteiger partial charge is 0.495 e. The van der Waals surface area contributed by atoms with Gasteiger partial charge in [0.05, 0.1) is 18.8 Å². The average molecular weight is 640 g/mol. The van der Waals surface area contributed by atoms with Gasteiger partial charge in [-0.15, -0.1) is 0 Å². The minimum atomic E-state index is -0.395. The maximum atomic E-state index is 14.4. The van der Waals surface area contributed by atoms with Gasteiger partial charge in [-0.25, -0.2) is 9.97 Å². The molecule has 4 fully saturated rings. The Labute approximate surface area is 278 Å². The zero-order valence-corrected chi connectivity index (χ0v) is 27.9. The number of ketones is 1. The van der Waals surface area contributed by atoms with Gasteiger partial charge in [0.2, 0.25) is 5.91 Å². The number of aryl methyl sites for hydroxylation is 1. The minimum absolute atomic E-state index is 0.0981. The number of hydrogen-bond acceptors (Lipinski definition) is 8. The van der Waals surface area contributed by atoms with Crippen molar-refractivity contribution in [1.82, 2.24) is 15.0 Å². The number of rotatable bonds is 11. The number of carbonyl (C=O) groups excluding carboxylic acids is 2. The molecule has 1 unspecified atom stereocenters. The number of oxazole rings is 1. The minimum Gasteiger partial charge on any atom is -0.495 e. The summed E-state index contributed by atoms with van der Waals surface area (Å²) < 4.78 is 11.2. The first-order valence-electron chi connectivity index (χ1n) is 17.9. The van der Waals surface area contributed by atoms with Crippen LogP contribution < -0.4 is 15.4 Å². The molecule has 1 amide bonds. The second kappa shape index (κ2) is 13.9. The number of carbonyl (C=O) groups is 2. The normalized spacial score (nSPS) is 25.5. The first-order valence-corrected chi connectivity index (χ1v) is 17.9. The third-order valence-electron chi connectivity index (χ3n) is 11.5. The van der Waals surface area contributed by atoms with E-state index in [0.717, 1.165) is 118 Å². The van der Waals surface area contributed by atoms with Gasteiger partial charge < -0.3 is 14.9 Å². The van der Waals surface area contributed by atoms with Crippen LogP contribution in [0.15, 0.2) is 41.1 Å². The molecule has 3 heterocycles. The van der Waals surface area contributed by atoms with Crippen molar-refractivity contribution in [2.24, 2.45) is 29.4 Å². The van der Waals surface area contributed by atoms with Crippen LogP contribution >= 0.6 is 0 Å². The molecule has 3 aromatic heterocycles. The summed E-state index contributed by atoms with van der Waals surface area (Å²) in [4.78, 5) is 43.6. The molecule has 9 nitrogen and oxygen atoms in total. The number of nitrogens with two attached hydrogens (primary N) is 1. The van der Waals surface area contributed by atoms with Gasteiger partial charge >= 0.3 is 0 Å². The number of aromatic nitrogens is 3. The van der Waals surface area contributed by atoms with E-state index in [4.69, 9.17) is 29.8 Å². The fourth-order valence-corrected chi connectivity index (χ4v) is 8.01. The molecular formula is C38H49N5O4. The number of anilines is 1. The van der Waals surface area contributed by atoms with E-state index in [2.05, 4.69) is 6.07 Å². The van der Waals surface area contributed by atoms with Gasteiger partial charge in [0.15, 0.2) is 11.7 Å². The van der Waals surface area contributed by atoms with Crippen molar-refractivity contribution >= 4 is 17.5 Å². The quantitative estimate of drug-likeness (QED) is 0.235. The van der Waals surface area contributed by atoms with E-state index in [1.54, 1.807) is 19.6 Å². The summed E-state index contributed by atoms with van der Waals surface area (Å²) in [6.07, 6.45) is 16.2. The van der Waals surface area contributed by atoms with E-state index in [0.29, 0.717) is 30.1 Å². The summed E-state index contributed by atoms with van der Waals surface area (Å²) in [6, 6.07) is 7.68. The molecule has 250 valence electrons. The first-order chi connectivity index (χ1) is 22.9. The Kier molecular flexibility index (Phi) is 9.44. The fraction of sp³-hybridized carbons (Fsp3) is 0.605. The second-order valence-corrected chi connectivity index (χ2v) is 14.6. The van der Waals surface area contributed by atoms with Gasteiger partial charge in [0.25, 0.3) is 0 Å². The van der Waals surface area contributed by atoms with Crippen LogP contribution in [0.2, 0.25) is 0 Å². The Morgan fingerprint density at radius 3 is 2.34 bits per heavy atom. The molecule has 47 heavy (non-hydrogen) atoms. The molecule has 4 saturated carbocycles. The topological polar surface area (TPSA) is 124 Å². The van der Waals surface area contributed by atoms with Crippen LogP contribution in [0.25, 0.3) is 11.3 Å². The molecule has 0 radical (unpaired) electrons. The maximum Gasteiger partial charge on any atom is 0.231 e. The highest BCUT2D eigenvalue weighted by molar-refractivity contribution is 5.95. The number of nitrogens with zero attached hydrogens (tertiary/aromatic N) is 4. The Morgan fingerprint density at radius 2 is 1.68 bits per heavy atom. The van der Waals surface area contributed by atoms with E-state index < -0.39 is 6.04 Å².